The average Bonchev–Trinajstić information content (AvgIpc) is 2.80. The Morgan fingerprint density at radius 1 is 0.971 bits per heavy atom. The van der Waals surface area contributed by atoms with Gasteiger partial charge in [0.15, 0.2) is 0 Å². The van der Waals surface area contributed by atoms with Gasteiger partial charge in [-0.05, 0) is 44.0 Å². The Kier molecular flexibility index (Phi) is 8.19. The number of aliphatic carboxylic acids is 1. The number of hydrogen-bond acceptors (Lipinski definition) is 4. The van der Waals surface area contributed by atoms with Crippen LogP contribution in [0.2, 0.25) is 10.0 Å². The van der Waals surface area contributed by atoms with E-state index >= 15 is 0 Å². The molecule has 2 aromatic carbocycles. The zero-order valence-corrected chi connectivity index (χ0v) is 21.0. The minimum atomic E-state index is -1.23. The Morgan fingerprint density at radius 2 is 1.54 bits per heavy atom. The molecule has 1 heterocycles. The van der Waals surface area contributed by atoms with Crippen molar-refractivity contribution < 1.29 is 14.7 Å². The number of nitrogens with zero attached hydrogens (tertiary/aromatic N) is 2. The summed E-state index contributed by atoms with van der Waals surface area (Å²) < 4.78 is 2.74. The van der Waals surface area contributed by atoms with Crippen molar-refractivity contribution in [3.63, 3.8) is 0 Å². The van der Waals surface area contributed by atoms with Gasteiger partial charge >= 0.3 is 11.7 Å². The second-order valence-corrected chi connectivity index (χ2v) is 8.71. The van der Waals surface area contributed by atoms with Gasteiger partial charge in [0.1, 0.15) is 6.04 Å². The molecule has 1 atom stereocenters. The molecule has 35 heavy (non-hydrogen) atoms. The maximum Gasteiger partial charge on any atom is 0.331 e. The van der Waals surface area contributed by atoms with Crippen molar-refractivity contribution in [3.8, 4) is 11.1 Å². The predicted octanol–water partition coefficient (Wildman–Crippen LogP) is 3.76. The van der Waals surface area contributed by atoms with Crippen molar-refractivity contribution in [1.29, 1.82) is 0 Å². The zero-order valence-electron chi connectivity index (χ0n) is 19.5. The molecule has 10 heteroatoms. The number of amides is 1. The largest absolute Gasteiger partial charge is 0.480 e. The van der Waals surface area contributed by atoms with E-state index in [1.165, 1.54) is 16.7 Å². The van der Waals surface area contributed by atoms with Gasteiger partial charge in [0.05, 0.1) is 21.2 Å². The molecule has 0 fully saturated rings. The van der Waals surface area contributed by atoms with Crippen molar-refractivity contribution in [1.82, 2.24) is 14.5 Å². The highest BCUT2D eigenvalue weighted by Gasteiger charge is 2.24. The summed E-state index contributed by atoms with van der Waals surface area (Å²) in [5.41, 5.74) is 1.49. The molecule has 8 nitrogen and oxygen atoms in total. The van der Waals surface area contributed by atoms with Gasteiger partial charge in [-0.15, -0.1) is 0 Å². The number of carboxylic acids is 1. The van der Waals surface area contributed by atoms with Crippen molar-refractivity contribution >= 4 is 35.1 Å². The first-order chi connectivity index (χ1) is 16.6. The topological polar surface area (TPSA) is 110 Å². The van der Waals surface area contributed by atoms with E-state index in [-0.39, 0.29) is 39.8 Å². The van der Waals surface area contributed by atoms with Gasteiger partial charge in [0, 0.05) is 25.2 Å². The van der Waals surface area contributed by atoms with Gasteiger partial charge < -0.3 is 10.4 Å². The zero-order chi connectivity index (χ0) is 25.9. The third-order valence-corrected chi connectivity index (χ3v) is 6.43. The summed E-state index contributed by atoms with van der Waals surface area (Å²) in [5, 5.41) is 12.4. The SMILES string of the molecule is CCn1c(C)c(-c2ccc(C[C@H](NC(=O)c3c(Cl)cccc3Cl)C(=O)O)cc2)c(=O)n(CC)c1=O. The first-order valence-corrected chi connectivity index (χ1v) is 11.8. The highest BCUT2D eigenvalue weighted by Crippen LogP contribution is 2.24. The predicted molar refractivity (Wildman–Crippen MR) is 136 cm³/mol. The lowest BCUT2D eigenvalue weighted by atomic mass is 10.00. The minimum absolute atomic E-state index is 0.00391. The number of benzene rings is 2. The molecule has 184 valence electrons. The fraction of sp³-hybridized carbons (Fsp3) is 0.280. The number of aromatic nitrogens is 2. The molecular formula is C25H25Cl2N3O5. The van der Waals surface area contributed by atoms with Gasteiger partial charge in [0.25, 0.3) is 11.5 Å². The normalized spacial score (nSPS) is 11.8. The number of carbonyl (C=O) groups is 2. The van der Waals surface area contributed by atoms with Crippen LogP contribution >= 0.6 is 23.2 Å². The molecule has 0 bridgehead atoms. The molecule has 0 saturated carbocycles. The number of halogens is 2. The van der Waals surface area contributed by atoms with E-state index in [4.69, 9.17) is 23.2 Å². The molecule has 0 spiro atoms. The second-order valence-electron chi connectivity index (χ2n) is 7.90. The highest BCUT2D eigenvalue weighted by atomic mass is 35.5. The van der Waals surface area contributed by atoms with E-state index in [1.807, 2.05) is 6.92 Å². The molecule has 0 radical (unpaired) electrons. The summed E-state index contributed by atoms with van der Waals surface area (Å²) >= 11 is 12.1. The minimum Gasteiger partial charge on any atom is -0.480 e. The molecule has 0 saturated heterocycles. The van der Waals surface area contributed by atoms with Crippen molar-refractivity contribution in [2.45, 2.75) is 46.3 Å². The van der Waals surface area contributed by atoms with Crippen LogP contribution in [-0.2, 0) is 24.3 Å². The van der Waals surface area contributed by atoms with Gasteiger partial charge in [-0.3, -0.25) is 18.7 Å². The Balaban J connectivity index is 1.90. The summed E-state index contributed by atoms with van der Waals surface area (Å²) in [7, 11) is 0. The summed E-state index contributed by atoms with van der Waals surface area (Å²) in [5.74, 6) is -1.91. The Hall–Kier alpha value is -3.36. The quantitative estimate of drug-likeness (QED) is 0.472. The highest BCUT2D eigenvalue weighted by molar-refractivity contribution is 6.39. The van der Waals surface area contributed by atoms with E-state index in [0.29, 0.717) is 28.9 Å². The Labute approximate surface area is 211 Å². The number of carboxylic acid groups (broad SMARTS) is 1. The standard InChI is InChI=1S/C25H25Cl2N3O5/c1-4-29-14(3)20(23(32)30(5-2)25(29)35)16-11-9-15(10-12-16)13-19(24(33)34)28-22(31)21-17(26)7-6-8-18(21)27/h6-12,19H,4-5,13H2,1-3H3,(H,28,31)(H,33,34)/t19-/m0/s1. The molecule has 2 N–H and O–H groups in total. The van der Waals surface area contributed by atoms with E-state index in [1.54, 1.807) is 48.7 Å². The van der Waals surface area contributed by atoms with Gasteiger partial charge in [0.2, 0.25) is 0 Å². The fourth-order valence-corrected chi connectivity index (χ4v) is 4.54. The first kappa shape index (κ1) is 26.2. The number of carbonyl (C=O) groups excluding carboxylic acids is 1. The first-order valence-electron chi connectivity index (χ1n) is 11.0. The molecule has 3 aromatic rings. The third-order valence-electron chi connectivity index (χ3n) is 5.80. The van der Waals surface area contributed by atoms with Gasteiger partial charge in [-0.1, -0.05) is 53.5 Å². The number of hydrogen-bond donors (Lipinski definition) is 2. The van der Waals surface area contributed by atoms with Gasteiger partial charge in [-0.25, -0.2) is 9.59 Å². The van der Waals surface area contributed by atoms with Crippen LogP contribution in [0.5, 0.6) is 0 Å². The maximum atomic E-state index is 13.0. The van der Waals surface area contributed by atoms with E-state index in [9.17, 15) is 24.3 Å². The molecule has 0 aliphatic carbocycles. The maximum absolute atomic E-state index is 13.0. The summed E-state index contributed by atoms with van der Waals surface area (Å²) in [6.45, 7) is 5.97. The molecule has 1 aromatic heterocycles. The van der Waals surface area contributed by atoms with Crippen LogP contribution in [0.4, 0.5) is 0 Å². The third kappa shape index (κ3) is 5.33. The number of nitrogens with one attached hydrogen (secondary N) is 1. The molecule has 0 aliphatic rings. The molecule has 0 aliphatic heterocycles. The van der Waals surface area contributed by atoms with Crippen LogP contribution in [0.1, 0.15) is 35.5 Å². The summed E-state index contributed by atoms with van der Waals surface area (Å²) in [6.07, 6.45) is -0.00391. The van der Waals surface area contributed by atoms with E-state index < -0.39 is 17.9 Å². The smallest absolute Gasteiger partial charge is 0.331 e. The van der Waals surface area contributed by atoms with Crippen LogP contribution in [0.25, 0.3) is 11.1 Å². The Bertz CT molecular complexity index is 1370. The Morgan fingerprint density at radius 3 is 2.06 bits per heavy atom. The lowest BCUT2D eigenvalue weighted by Gasteiger charge is -2.17. The van der Waals surface area contributed by atoms with Crippen molar-refractivity contribution in [2.24, 2.45) is 0 Å². The van der Waals surface area contributed by atoms with Crippen LogP contribution in [-0.4, -0.2) is 32.2 Å². The fourth-order valence-electron chi connectivity index (χ4n) is 3.97. The van der Waals surface area contributed by atoms with Crippen LogP contribution in [0, 0.1) is 6.92 Å². The lowest BCUT2D eigenvalue weighted by molar-refractivity contribution is -0.139. The second kappa shape index (κ2) is 10.9. The molecule has 3 rings (SSSR count). The lowest BCUT2D eigenvalue weighted by Crippen LogP contribution is -2.42. The monoisotopic (exact) mass is 517 g/mol. The van der Waals surface area contributed by atoms with E-state index in [0.717, 1.165) is 0 Å². The molecular weight excluding hydrogens is 493 g/mol. The van der Waals surface area contributed by atoms with Crippen molar-refractivity contribution in [2.75, 3.05) is 0 Å². The van der Waals surface area contributed by atoms with Crippen LogP contribution in [0.15, 0.2) is 52.1 Å². The van der Waals surface area contributed by atoms with Gasteiger partial charge in [-0.2, -0.15) is 0 Å². The number of rotatable bonds is 8. The summed E-state index contributed by atoms with van der Waals surface area (Å²) in [4.78, 5) is 50.0. The molecule has 1 amide bonds. The van der Waals surface area contributed by atoms with Crippen LogP contribution in [0.3, 0.4) is 0 Å². The average molecular weight is 518 g/mol. The van der Waals surface area contributed by atoms with Crippen LogP contribution < -0.4 is 16.6 Å². The van der Waals surface area contributed by atoms with E-state index in [2.05, 4.69) is 5.32 Å². The van der Waals surface area contributed by atoms with Crippen molar-refractivity contribution in [3.05, 3.63) is 90.2 Å². The molecule has 0 unspecified atom stereocenters. The summed E-state index contributed by atoms with van der Waals surface area (Å²) in [6, 6.07) is 10.1.